The van der Waals surface area contributed by atoms with Crippen LogP contribution in [0.5, 0.6) is 0 Å². The average Bonchev–Trinajstić information content (AvgIpc) is 3.37. The highest BCUT2D eigenvalue weighted by Crippen LogP contribution is 2.38. The van der Waals surface area contributed by atoms with E-state index < -0.39 is 23.8 Å². The zero-order chi connectivity index (χ0) is 21.1. The molecule has 2 fully saturated rings. The number of rotatable bonds is 6. The van der Waals surface area contributed by atoms with Gasteiger partial charge >= 0.3 is 6.09 Å². The lowest BCUT2D eigenvalue weighted by Crippen LogP contribution is -2.36. The van der Waals surface area contributed by atoms with Crippen molar-refractivity contribution in [3.8, 4) is 0 Å². The van der Waals surface area contributed by atoms with Crippen molar-refractivity contribution in [2.75, 3.05) is 11.9 Å². The van der Waals surface area contributed by atoms with Crippen molar-refractivity contribution in [2.45, 2.75) is 50.4 Å². The largest absolute Gasteiger partial charge is 0.446 e. The van der Waals surface area contributed by atoms with Gasteiger partial charge in [0.05, 0.1) is 0 Å². The number of aromatic nitrogens is 2. The Morgan fingerprint density at radius 2 is 2.07 bits per heavy atom. The monoisotopic (exact) mass is 420 g/mol. The van der Waals surface area contributed by atoms with Gasteiger partial charge in [-0.15, -0.1) is 0 Å². The fourth-order valence-corrected chi connectivity index (χ4v) is 3.53. The highest BCUT2D eigenvalue weighted by molar-refractivity contribution is 5.93. The number of nitrogens with one attached hydrogen (secondary N) is 3. The molecule has 1 saturated carbocycles. The molecule has 3 N–H and O–H groups in total. The molecule has 160 valence electrons. The molecule has 1 atom stereocenters. The van der Waals surface area contributed by atoms with E-state index in [1.165, 1.54) is 6.07 Å². The molecule has 0 bridgehead atoms. The Balaban J connectivity index is 1.18. The summed E-state index contributed by atoms with van der Waals surface area (Å²) in [5.41, 5.74) is 1.30. The number of hydrogen-bond acceptors (Lipinski definition) is 5. The molecule has 1 aromatic heterocycles. The molecule has 0 radical (unpaired) electrons. The number of nitrogens with zero attached hydrogens (tertiary/aromatic N) is 1. The van der Waals surface area contributed by atoms with E-state index in [0.29, 0.717) is 37.3 Å². The van der Waals surface area contributed by atoms with Gasteiger partial charge in [0.15, 0.2) is 17.5 Å². The van der Waals surface area contributed by atoms with Crippen LogP contribution in [0.4, 0.5) is 19.4 Å². The summed E-state index contributed by atoms with van der Waals surface area (Å²) in [6, 6.07) is 5.21. The molecule has 0 unspecified atom stereocenters. The van der Waals surface area contributed by atoms with Crippen LogP contribution in [-0.4, -0.2) is 41.0 Å². The van der Waals surface area contributed by atoms with Gasteiger partial charge in [-0.2, -0.15) is 5.10 Å². The predicted molar refractivity (Wildman–Crippen MR) is 102 cm³/mol. The highest BCUT2D eigenvalue weighted by Gasteiger charge is 2.34. The zero-order valence-corrected chi connectivity index (χ0v) is 16.1. The number of amides is 2. The quantitative estimate of drug-likeness (QED) is 0.666. The van der Waals surface area contributed by atoms with Crippen LogP contribution in [0.1, 0.15) is 42.9 Å². The Morgan fingerprint density at radius 3 is 2.80 bits per heavy atom. The van der Waals surface area contributed by atoms with E-state index in [1.807, 2.05) is 0 Å². The first kappa shape index (κ1) is 20.3. The first-order valence-corrected chi connectivity index (χ1v) is 9.84. The van der Waals surface area contributed by atoms with Crippen molar-refractivity contribution < 1.29 is 27.8 Å². The Labute approximate surface area is 171 Å². The number of aromatic amines is 1. The third-order valence-electron chi connectivity index (χ3n) is 5.30. The molecule has 2 amide bonds. The molecule has 30 heavy (non-hydrogen) atoms. The zero-order valence-electron chi connectivity index (χ0n) is 16.1. The summed E-state index contributed by atoms with van der Waals surface area (Å²) in [5, 5.41) is 12.3. The lowest BCUT2D eigenvalue weighted by molar-refractivity contribution is -0.124. The number of H-pyrrole nitrogens is 1. The van der Waals surface area contributed by atoms with Gasteiger partial charge < -0.3 is 20.1 Å². The molecule has 2 heterocycles. The molecule has 2 aliphatic rings. The van der Waals surface area contributed by atoms with E-state index in [1.54, 1.807) is 6.07 Å². The van der Waals surface area contributed by atoms with E-state index >= 15 is 0 Å². The van der Waals surface area contributed by atoms with Gasteiger partial charge in [-0.05, 0) is 43.4 Å². The number of halogens is 2. The molecule has 10 heteroatoms. The number of carbonyl (C=O) groups is 2. The van der Waals surface area contributed by atoms with Crippen LogP contribution in [0.25, 0.3) is 0 Å². The highest BCUT2D eigenvalue weighted by atomic mass is 19.2. The maximum absolute atomic E-state index is 13.2. The topological polar surface area (TPSA) is 105 Å². The van der Waals surface area contributed by atoms with E-state index in [2.05, 4.69) is 20.8 Å². The maximum atomic E-state index is 13.2. The van der Waals surface area contributed by atoms with Crippen molar-refractivity contribution >= 4 is 17.8 Å². The van der Waals surface area contributed by atoms with Crippen molar-refractivity contribution in [2.24, 2.45) is 0 Å². The second-order valence-corrected chi connectivity index (χ2v) is 7.50. The lowest BCUT2D eigenvalue weighted by Gasteiger charge is -2.33. The smallest absolute Gasteiger partial charge is 0.407 e. The van der Waals surface area contributed by atoms with Gasteiger partial charge in [0.2, 0.25) is 0 Å². The lowest BCUT2D eigenvalue weighted by atomic mass is 9.80. The molecule has 1 saturated heterocycles. The van der Waals surface area contributed by atoms with Gasteiger partial charge in [-0.3, -0.25) is 9.89 Å². The maximum Gasteiger partial charge on any atom is 0.407 e. The number of ether oxygens (including phenoxy) is 2. The van der Waals surface area contributed by atoms with Crippen LogP contribution >= 0.6 is 0 Å². The SMILES string of the molecule is O=C(NCc1ccc(F)c(F)c1)OC1CC(c2cc(NC(=O)[C@H]3CCCO3)n[nH]2)C1. The first-order chi connectivity index (χ1) is 14.5. The summed E-state index contributed by atoms with van der Waals surface area (Å²) < 4.78 is 36.7. The molecular weight excluding hydrogens is 398 g/mol. The third-order valence-corrected chi connectivity index (χ3v) is 5.30. The Morgan fingerprint density at radius 1 is 1.23 bits per heavy atom. The van der Waals surface area contributed by atoms with Gasteiger partial charge in [0.1, 0.15) is 12.2 Å². The molecule has 1 aliphatic carbocycles. The summed E-state index contributed by atoms with van der Waals surface area (Å²) in [4.78, 5) is 23.9. The normalized spacial score (nSPS) is 22.9. The fourth-order valence-electron chi connectivity index (χ4n) is 3.53. The van der Waals surface area contributed by atoms with E-state index in [4.69, 9.17) is 9.47 Å². The first-order valence-electron chi connectivity index (χ1n) is 9.84. The fraction of sp³-hybridized carbons (Fsp3) is 0.450. The number of carbonyl (C=O) groups excluding carboxylic acids is 2. The van der Waals surface area contributed by atoms with E-state index in [-0.39, 0.29) is 24.5 Å². The summed E-state index contributed by atoms with van der Waals surface area (Å²) in [7, 11) is 0. The summed E-state index contributed by atoms with van der Waals surface area (Å²) >= 11 is 0. The predicted octanol–water partition coefficient (Wildman–Crippen LogP) is 2.98. The van der Waals surface area contributed by atoms with Crippen molar-refractivity contribution in [1.82, 2.24) is 15.5 Å². The standard InChI is InChI=1S/C20H22F2N4O4/c21-14-4-3-11(6-15(14)22)10-23-20(28)30-13-7-12(8-13)16-9-18(26-25-16)24-19(27)17-2-1-5-29-17/h3-4,6,9,12-13,17H,1-2,5,7-8,10H2,(H,23,28)(H2,24,25,26,27)/t12?,13?,17-/m1/s1. The minimum absolute atomic E-state index is 0.0422. The summed E-state index contributed by atoms with van der Waals surface area (Å²) in [5.74, 6) is -1.50. The Bertz CT molecular complexity index is 923. The number of benzene rings is 1. The number of alkyl carbamates (subject to hydrolysis) is 1. The molecular formula is C20H22F2N4O4. The van der Waals surface area contributed by atoms with Crippen LogP contribution in [-0.2, 0) is 20.8 Å². The molecule has 1 aliphatic heterocycles. The van der Waals surface area contributed by atoms with Crippen molar-refractivity contribution in [3.63, 3.8) is 0 Å². The molecule has 4 rings (SSSR count). The molecule has 2 aromatic rings. The van der Waals surface area contributed by atoms with Crippen LogP contribution in [0.3, 0.4) is 0 Å². The average molecular weight is 420 g/mol. The second kappa shape index (κ2) is 8.78. The molecule has 0 spiro atoms. The minimum atomic E-state index is -0.963. The van der Waals surface area contributed by atoms with Crippen molar-refractivity contribution in [3.05, 3.63) is 47.2 Å². The number of anilines is 1. The molecule has 1 aromatic carbocycles. The summed E-state index contributed by atoms with van der Waals surface area (Å²) in [6.45, 7) is 0.641. The van der Waals surface area contributed by atoms with E-state index in [0.717, 1.165) is 24.2 Å². The third kappa shape index (κ3) is 4.76. The van der Waals surface area contributed by atoms with E-state index in [9.17, 15) is 18.4 Å². The van der Waals surface area contributed by atoms with Gasteiger partial charge in [0.25, 0.3) is 5.91 Å². The number of hydrogen-bond donors (Lipinski definition) is 3. The Hall–Kier alpha value is -3.01. The van der Waals surface area contributed by atoms with Crippen LogP contribution in [0, 0.1) is 11.6 Å². The summed E-state index contributed by atoms with van der Waals surface area (Å²) in [6.07, 6.45) is 1.56. The van der Waals surface area contributed by atoms with Gasteiger partial charge in [0, 0.05) is 30.8 Å². The van der Waals surface area contributed by atoms with Crippen LogP contribution in [0.15, 0.2) is 24.3 Å². The van der Waals surface area contributed by atoms with Gasteiger partial charge in [-0.1, -0.05) is 6.07 Å². The van der Waals surface area contributed by atoms with Gasteiger partial charge in [-0.25, -0.2) is 13.6 Å². The second-order valence-electron chi connectivity index (χ2n) is 7.50. The minimum Gasteiger partial charge on any atom is -0.446 e. The molecule has 8 nitrogen and oxygen atoms in total. The Kier molecular flexibility index (Phi) is 5.93. The van der Waals surface area contributed by atoms with Crippen molar-refractivity contribution in [1.29, 1.82) is 0 Å². The van der Waals surface area contributed by atoms with Crippen LogP contribution < -0.4 is 10.6 Å². The van der Waals surface area contributed by atoms with Crippen LogP contribution in [0.2, 0.25) is 0 Å².